The highest BCUT2D eigenvalue weighted by molar-refractivity contribution is 9.09. The number of alkyl halides is 1. The minimum Gasteiger partial charge on any atom is -0.458 e. The van der Waals surface area contributed by atoms with Gasteiger partial charge in [0.25, 0.3) is 0 Å². The molecule has 4 heteroatoms. The molecule has 0 aliphatic heterocycles. The summed E-state index contributed by atoms with van der Waals surface area (Å²) in [7, 11) is 0. The largest absolute Gasteiger partial charge is 0.458 e. The molecule has 0 unspecified atom stereocenters. The molecule has 0 aromatic rings. The van der Waals surface area contributed by atoms with Crippen LogP contribution in [0.1, 0.15) is 27.2 Å². The zero-order valence-corrected chi connectivity index (χ0v) is 10.0. The Kier molecular flexibility index (Phi) is 6.33. The first-order chi connectivity index (χ1) is 5.95. The second kappa shape index (κ2) is 6.38. The quantitative estimate of drug-likeness (QED) is 0.427. The average molecular weight is 253 g/mol. The number of esters is 1. The van der Waals surface area contributed by atoms with Gasteiger partial charge in [-0.2, -0.15) is 0 Å². The van der Waals surface area contributed by atoms with E-state index in [4.69, 9.17) is 9.47 Å². The summed E-state index contributed by atoms with van der Waals surface area (Å²) >= 11 is 3.27. The maximum Gasteiger partial charge on any atom is 0.332 e. The average Bonchev–Trinajstić information content (AvgIpc) is 1.94. The smallest absolute Gasteiger partial charge is 0.332 e. The Morgan fingerprint density at radius 2 is 2.00 bits per heavy atom. The summed E-state index contributed by atoms with van der Waals surface area (Å²) in [6.07, 6.45) is 0.906. The van der Waals surface area contributed by atoms with Gasteiger partial charge in [-0.05, 0) is 27.2 Å². The van der Waals surface area contributed by atoms with Gasteiger partial charge in [-0.3, -0.25) is 0 Å². The lowest BCUT2D eigenvalue weighted by molar-refractivity contribution is -0.160. The Bertz CT molecular complexity index is 151. The van der Waals surface area contributed by atoms with Crippen LogP contribution in [-0.4, -0.2) is 30.1 Å². The zero-order chi connectivity index (χ0) is 10.3. The molecule has 0 fully saturated rings. The molecule has 0 radical (unpaired) electrons. The second-order valence-corrected chi connectivity index (χ2v) is 4.47. The number of hydrogen-bond acceptors (Lipinski definition) is 3. The molecule has 3 nitrogen and oxygen atoms in total. The number of halogens is 1. The molecule has 13 heavy (non-hydrogen) atoms. The third kappa shape index (κ3) is 9.83. The summed E-state index contributed by atoms with van der Waals surface area (Å²) in [4.78, 5) is 11.1. The van der Waals surface area contributed by atoms with Crippen molar-refractivity contribution in [2.75, 3.05) is 18.5 Å². The molecule has 0 atom stereocenters. The molecule has 78 valence electrons. The Balaban J connectivity index is 3.41. The molecule has 0 bridgehead atoms. The van der Waals surface area contributed by atoms with E-state index in [0.29, 0.717) is 6.61 Å². The fourth-order valence-corrected chi connectivity index (χ4v) is 0.912. The molecule has 0 aromatic carbocycles. The fraction of sp³-hybridized carbons (Fsp3) is 0.889. The molecular formula is C9H17BrO3. The number of rotatable bonds is 5. The topological polar surface area (TPSA) is 35.5 Å². The van der Waals surface area contributed by atoms with E-state index in [1.54, 1.807) is 0 Å². The van der Waals surface area contributed by atoms with Gasteiger partial charge in [0, 0.05) is 11.9 Å². The predicted molar refractivity (Wildman–Crippen MR) is 55.1 cm³/mol. The first-order valence-corrected chi connectivity index (χ1v) is 5.43. The summed E-state index contributed by atoms with van der Waals surface area (Å²) in [5.74, 6) is -0.304. The fourth-order valence-electron chi connectivity index (χ4n) is 0.683. The first-order valence-electron chi connectivity index (χ1n) is 4.31. The minimum absolute atomic E-state index is 0.0459. The highest BCUT2D eigenvalue weighted by Gasteiger charge is 2.15. The van der Waals surface area contributed by atoms with Crippen LogP contribution in [0.2, 0.25) is 0 Å². The highest BCUT2D eigenvalue weighted by Crippen LogP contribution is 2.06. The van der Waals surface area contributed by atoms with Gasteiger partial charge in [-0.1, -0.05) is 15.9 Å². The lowest BCUT2D eigenvalue weighted by Crippen LogP contribution is -2.26. The van der Waals surface area contributed by atoms with Crippen molar-refractivity contribution in [2.24, 2.45) is 0 Å². The van der Waals surface area contributed by atoms with E-state index in [2.05, 4.69) is 15.9 Å². The van der Waals surface area contributed by atoms with E-state index in [0.717, 1.165) is 11.8 Å². The van der Waals surface area contributed by atoms with Crippen molar-refractivity contribution in [1.29, 1.82) is 0 Å². The standard InChI is InChI=1S/C9H17BrO3/c1-9(2,3)13-8(11)7-12-6-4-5-10/h4-7H2,1-3H3. The van der Waals surface area contributed by atoms with Crippen molar-refractivity contribution in [3.05, 3.63) is 0 Å². The molecule has 0 spiro atoms. The number of hydrogen-bond donors (Lipinski definition) is 0. The highest BCUT2D eigenvalue weighted by atomic mass is 79.9. The third-order valence-corrected chi connectivity index (χ3v) is 1.62. The number of ether oxygens (including phenoxy) is 2. The van der Waals surface area contributed by atoms with Gasteiger partial charge in [0.05, 0.1) is 0 Å². The Morgan fingerprint density at radius 3 is 2.46 bits per heavy atom. The summed E-state index contributed by atoms with van der Waals surface area (Å²) < 4.78 is 10.1. The van der Waals surface area contributed by atoms with Crippen LogP contribution in [0.3, 0.4) is 0 Å². The van der Waals surface area contributed by atoms with Crippen molar-refractivity contribution in [3.8, 4) is 0 Å². The minimum atomic E-state index is -0.421. The van der Waals surface area contributed by atoms with E-state index < -0.39 is 5.60 Å². The molecule has 0 N–H and O–H groups in total. The molecule has 0 amide bonds. The Hall–Kier alpha value is -0.0900. The van der Waals surface area contributed by atoms with E-state index >= 15 is 0 Å². The summed E-state index contributed by atoms with van der Waals surface area (Å²) in [6, 6.07) is 0. The molecule has 0 rings (SSSR count). The van der Waals surface area contributed by atoms with Gasteiger partial charge < -0.3 is 9.47 Å². The van der Waals surface area contributed by atoms with Crippen LogP contribution >= 0.6 is 15.9 Å². The van der Waals surface area contributed by atoms with Crippen molar-refractivity contribution in [3.63, 3.8) is 0 Å². The SMILES string of the molecule is CC(C)(C)OC(=O)COCCCBr. The second-order valence-electron chi connectivity index (χ2n) is 3.68. The molecule has 0 aliphatic rings. The zero-order valence-electron chi connectivity index (χ0n) is 8.43. The van der Waals surface area contributed by atoms with Gasteiger partial charge in [0.15, 0.2) is 0 Å². The molecule has 0 saturated heterocycles. The van der Waals surface area contributed by atoms with Crippen LogP contribution in [0.4, 0.5) is 0 Å². The van der Waals surface area contributed by atoms with Gasteiger partial charge in [0.2, 0.25) is 0 Å². The summed E-state index contributed by atoms with van der Waals surface area (Å²) in [6.45, 7) is 6.14. The van der Waals surface area contributed by atoms with E-state index in [1.165, 1.54) is 0 Å². The Morgan fingerprint density at radius 1 is 1.38 bits per heavy atom. The maximum absolute atomic E-state index is 11.1. The van der Waals surface area contributed by atoms with Crippen LogP contribution in [0.15, 0.2) is 0 Å². The summed E-state index contributed by atoms with van der Waals surface area (Å²) in [5.41, 5.74) is -0.421. The molecule has 0 aliphatic carbocycles. The number of carbonyl (C=O) groups is 1. The van der Waals surface area contributed by atoms with Crippen LogP contribution in [0.25, 0.3) is 0 Å². The van der Waals surface area contributed by atoms with Crippen molar-refractivity contribution >= 4 is 21.9 Å². The summed E-state index contributed by atoms with van der Waals surface area (Å²) in [5, 5.41) is 0.890. The van der Waals surface area contributed by atoms with Crippen molar-refractivity contribution < 1.29 is 14.3 Å². The third-order valence-electron chi connectivity index (χ3n) is 1.06. The lowest BCUT2D eigenvalue weighted by atomic mass is 10.2. The Labute approximate surface area is 87.9 Å². The van der Waals surface area contributed by atoms with Crippen LogP contribution in [0.5, 0.6) is 0 Å². The lowest BCUT2D eigenvalue weighted by Gasteiger charge is -2.19. The van der Waals surface area contributed by atoms with E-state index in [9.17, 15) is 4.79 Å². The van der Waals surface area contributed by atoms with Crippen molar-refractivity contribution in [2.45, 2.75) is 32.8 Å². The van der Waals surface area contributed by atoms with Gasteiger partial charge >= 0.3 is 5.97 Å². The predicted octanol–water partition coefficient (Wildman–Crippen LogP) is 2.13. The van der Waals surface area contributed by atoms with Gasteiger partial charge in [-0.25, -0.2) is 4.79 Å². The van der Waals surface area contributed by atoms with E-state index in [1.807, 2.05) is 20.8 Å². The van der Waals surface area contributed by atoms with Gasteiger partial charge in [-0.15, -0.1) is 0 Å². The first kappa shape index (κ1) is 12.9. The number of carbonyl (C=O) groups excluding carboxylic acids is 1. The maximum atomic E-state index is 11.1. The van der Waals surface area contributed by atoms with Crippen LogP contribution in [-0.2, 0) is 14.3 Å². The van der Waals surface area contributed by atoms with Crippen molar-refractivity contribution in [1.82, 2.24) is 0 Å². The normalized spacial score (nSPS) is 11.4. The molecule has 0 saturated carbocycles. The molecule has 0 aromatic heterocycles. The monoisotopic (exact) mass is 252 g/mol. The van der Waals surface area contributed by atoms with Gasteiger partial charge in [0.1, 0.15) is 12.2 Å². The van der Waals surface area contributed by atoms with Crippen LogP contribution in [0, 0.1) is 0 Å². The molecular weight excluding hydrogens is 236 g/mol. The molecule has 0 heterocycles. The van der Waals surface area contributed by atoms with E-state index in [-0.39, 0.29) is 12.6 Å². The van der Waals surface area contributed by atoms with Crippen LogP contribution < -0.4 is 0 Å².